The molecule has 0 N–H and O–H groups in total. The Morgan fingerprint density at radius 3 is 2.24 bits per heavy atom. The van der Waals surface area contributed by atoms with E-state index in [2.05, 4.69) is 74.5 Å². The highest BCUT2D eigenvalue weighted by atomic mass is 16.5. The summed E-state index contributed by atoms with van der Waals surface area (Å²) in [4.78, 5) is 18.0. The molecule has 3 aromatic carbocycles. The minimum absolute atomic E-state index is 0.115. The van der Waals surface area contributed by atoms with Gasteiger partial charge in [-0.2, -0.15) is 0 Å². The lowest BCUT2D eigenvalue weighted by Crippen LogP contribution is -2.33. The SMILES string of the molecule is CCOC(=O)C(C)CC1(CC(C)CC)c2cc3ccccc3cc2-c2nc3ccccc3cc21. The van der Waals surface area contributed by atoms with Crippen molar-refractivity contribution >= 4 is 27.6 Å². The second-order valence-corrected chi connectivity index (χ2v) is 9.98. The van der Waals surface area contributed by atoms with Crippen molar-refractivity contribution in [2.24, 2.45) is 11.8 Å². The molecule has 0 radical (unpaired) electrons. The monoisotopic (exact) mass is 451 g/mol. The number of ether oxygens (including phenoxy) is 1. The van der Waals surface area contributed by atoms with Crippen LogP contribution in [0.5, 0.6) is 0 Å². The maximum Gasteiger partial charge on any atom is 0.308 e. The second kappa shape index (κ2) is 8.87. The average molecular weight is 452 g/mol. The quantitative estimate of drug-likeness (QED) is 0.271. The van der Waals surface area contributed by atoms with Crippen LogP contribution in [-0.4, -0.2) is 17.6 Å². The number of aromatic nitrogens is 1. The molecule has 3 heteroatoms. The van der Waals surface area contributed by atoms with Gasteiger partial charge in [0.05, 0.1) is 23.7 Å². The van der Waals surface area contributed by atoms with Gasteiger partial charge in [-0.15, -0.1) is 0 Å². The van der Waals surface area contributed by atoms with Crippen LogP contribution in [0.4, 0.5) is 0 Å². The van der Waals surface area contributed by atoms with Crippen molar-refractivity contribution in [3.63, 3.8) is 0 Å². The lowest BCUT2D eigenvalue weighted by molar-refractivity contribution is -0.148. The van der Waals surface area contributed by atoms with Crippen molar-refractivity contribution in [3.8, 4) is 11.3 Å². The Labute approximate surface area is 202 Å². The van der Waals surface area contributed by atoms with Crippen molar-refractivity contribution in [2.75, 3.05) is 6.61 Å². The molecule has 0 saturated heterocycles. The fourth-order valence-electron chi connectivity index (χ4n) is 5.82. The molecule has 1 aromatic heterocycles. The van der Waals surface area contributed by atoms with Crippen LogP contribution < -0.4 is 0 Å². The standard InChI is InChI=1S/C31H33NO2/c1-5-20(3)18-31(19-21(4)30(33)34-6-2)26-16-23-12-8-7-11-22(23)15-25(26)29-27(31)17-24-13-9-10-14-28(24)32-29/h7-17,20-21H,5-6,18-19H2,1-4H3. The average Bonchev–Trinajstić information content (AvgIpc) is 3.09. The van der Waals surface area contributed by atoms with Gasteiger partial charge in [0.25, 0.3) is 0 Å². The first-order valence-corrected chi connectivity index (χ1v) is 12.6. The van der Waals surface area contributed by atoms with E-state index in [4.69, 9.17) is 9.72 Å². The van der Waals surface area contributed by atoms with Gasteiger partial charge in [-0.25, -0.2) is 4.98 Å². The summed E-state index contributed by atoms with van der Waals surface area (Å²) < 4.78 is 5.45. The molecule has 0 fully saturated rings. The van der Waals surface area contributed by atoms with Gasteiger partial charge in [0, 0.05) is 16.4 Å². The summed E-state index contributed by atoms with van der Waals surface area (Å²) in [6.45, 7) is 8.88. The predicted molar refractivity (Wildman–Crippen MR) is 140 cm³/mol. The molecule has 3 nitrogen and oxygen atoms in total. The third kappa shape index (κ3) is 3.68. The molecule has 1 heterocycles. The second-order valence-electron chi connectivity index (χ2n) is 9.98. The first kappa shape index (κ1) is 22.6. The summed E-state index contributed by atoms with van der Waals surface area (Å²) in [6.07, 6.45) is 2.79. The molecule has 3 unspecified atom stereocenters. The van der Waals surface area contributed by atoms with Crippen molar-refractivity contribution in [2.45, 2.75) is 52.4 Å². The molecule has 0 bridgehead atoms. The highest BCUT2D eigenvalue weighted by Crippen LogP contribution is 2.56. The van der Waals surface area contributed by atoms with Crippen LogP contribution in [0.25, 0.3) is 32.9 Å². The summed E-state index contributed by atoms with van der Waals surface area (Å²) in [6, 6.07) is 23.9. The first-order valence-electron chi connectivity index (χ1n) is 12.6. The van der Waals surface area contributed by atoms with Gasteiger partial charge in [-0.1, -0.05) is 69.7 Å². The number of carbonyl (C=O) groups excluding carboxylic acids is 1. The summed E-state index contributed by atoms with van der Waals surface area (Å²) >= 11 is 0. The molecule has 174 valence electrons. The van der Waals surface area contributed by atoms with Crippen LogP contribution in [0, 0.1) is 11.8 Å². The normalized spacial score (nSPS) is 18.5. The Bertz CT molecular complexity index is 1290. The summed E-state index contributed by atoms with van der Waals surface area (Å²) in [5.41, 5.74) is 5.57. The third-order valence-corrected chi connectivity index (χ3v) is 7.63. The van der Waals surface area contributed by atoms with Crippen molar-refractivity contribution in [3.05, 3.63) is 77.9 Å². The van der Waals surface area contributed by atoms with Gasteiger partial charge in [0.15, 0.2) is 0 Å². The van der Waals surface area contributed by atoms with Crippen molar-refractivity contribution in [1.29, 1.82) is 0 Å². The number of para-hydroxylation sites is 1. The first-order chi connectivity index (χ1) is 16.5. The Morgan fingerprint density at radius 1 is 0.882 bits per heavy atom. The van der Waals surface area contributed by atoms with Gasteiger partial charge >= 0.3 is 5.97 Å². The maximum absolute atomic E-state index is 12.8. The van der Waals surface area contributed by atoms with E-state index in [0.717, 1.165) is 29.4 Å². The van der Waals surface area contributed by atoms with Crippen LogP contribution >= 0.6 is 0 Å². The van der Waals surface area contributed by atoms with Gasteiger partial charge in [0.2, 0.25) is 0 Å². The number of nitrogens with zero attached hydrogens (tertiary/aromatic N) is 1. The summed E-state index contributed by atoms with van der Waals surface area (Å²) in [5, 5.41) is 3.60. The van der Waals surface area contributed by atoms with Crippen LogP contribution in [0.3, 0.4) is 0 Å². The fraction of sp³-hybridized carbons (Fsp3) is 0.355. The van der Waals surface area contributed by atoms with E-state index in [-0.39, 0.29) is 17.3 Å². The van der Waals surface area contributed by atoms with E-state index in [9.17, 15) is 4.79 Å². The minimum Gasteiger partial charge on any atom is -0.466 e. The lowest BCUT2D eigenvalue weighted by Gasteiger charge is -2.36. The molecular formula is C31H33NO2. The molecule has 1 aliphatic rings. The number of pyridine rings is 1. The zero-order valence-electron chi connectivity index (χ0n) is 20.6. The molecule has 3 atom stereocenters. The number of esters is 1. The molecule has 4 aromatic rings. The number of rotatable bonds is 7. The number of benzene rings is 3. The largest absolute Gasteiger partial charge is 0.466 e. The highest BCUT2D eigenvalue weighted by Gasteiger charge is 2.46. The Kier molecular flexibility index (Phi) is 5.89. The topological polar surface area (TPSA) is 39.2 Å². The van der Waals surface area contributed by atoms with Gasteiger partial charge < -0.3 is 4.74 Å². The smallest absolute Gasteiger partial charge is 0.308 e. The predicted octanol–water partition coefficient (Wildman–Crippen LogP) is 7.68. The maximum atomic E-state index is 12.8. The molecule has 0 amide bonds. The van der Waals surface area contributed by atoms with E-state index >= 15 is 0 Å². The van der Waals surface area contributed by atoms with Crippen molar-refractivity contribution in [1.82, 2.24) is 4.98 Å². The fourth-order valence-corrected chi connectivity index (χ4v) is 5.82. The van der Waals surface area contributed by atoms with Crippen LogP contribution in [-0.2, 0) is 14.9 Å². The number of carbonyl (C=O) groups is 1. The van der Waals surface area contributed by atoms with Gasteiger partial charge in [-0.3, -0.25) is 4.79 Å². The molecule has 1 aliphatic carbocycles. The third-order valence-electron chi connectivity index (χ3n) is 7.63. The molecule has 5 rings (SSSR count). The zero-order chi connectivity index (χ0) is 23.9. The molecular weight excluding hydrogens is 418 g/mol. The van der Waals surface area contributed by atoms with Crippen LogP contribution in [0.15, 0.2) is 66.7 Å². The molecule has 0 saturated carbocycles. The van der Waals surface area contributed by atoms with Crippen molar-refractivity contribution < 1.29 is 9.53 Å². The summed E-state index contributed by atoms with van der Waals surface area (Å²) in [7, 11) is 0. The van der Waals surface area contributed by atoms with E-state index in [1.165, 1.54) is 27.5 Å². The van der Waals surface area contributed by atoms with E-state index in [1.807, 2.05) is 19.9 Å². The van der Waals surface area contributed by atoms with E-state index in [1.54, 1.807) is 0 Å². The van der Waals surface area contributed by atoms with E-state index < -0.39 is 0 Å². The molecule has 0 aliphatic heterocycles. The van der Waals surface area contributed by atoms with E-state index in [0.29, 0.717) is 18.9 Å². The summed E-state index contributed by atoms with van der Waals surface area (Å²) in [5.74, 6) is 0.183. The Hall–Kier alpha value is -3.20. The molecule has 0 spiro atoms. The highest BCUT2D eigenvalue weighted by molar-refractivity contribution is 5.95. The number of hydrogen-bond donors (Lipinski definition) is 0. The Balaban J connectivity index is 1.81. The number of fused-ring (bicyclic) bond motifs is 5. The van der Waals surface area contributed by atoms with Gasteiger partial charge in [-0.05, 0) is 71.8 Å². The van der Waals surface area contributed by atoms with Crippen LogP contribution in [0.2, 0.25) is 0 Å². The zero-order valence-corrected chi connectivity index (χ0v) is 20.6. The van der Waals surface area contributed by atoms with Gasteiger partial charge in [0.1, 0.15) is 0 Å². The number of hydrogen-bond acceptors (Lipinski definition) is 3. The lowest BCUT2D eigenvalue weighted by atomic mass is 9.67. The molecule has 34 heavy (non-hydrogen) atoms. The minimum atomic E-state index is -0.284. The Morgan fingerprint density at radius 2 is 1.53 bits per heavy atom. The van der Waals surface area contributed by atoms with Crippen LogP contribution in [0.1, 0.15) is 58.1 Å².